The Morgan fingerprint density at radius 3 is 2.76 bits per heavy atom. The third kappa shape index (κ3) is 4.03. The van der Waals surface area contributed by atoms with Gasteiger partial charge >= 0.3 is 5.63 Å². The zero-order valence-corrected chi connectivity index (χ0v) is 19.1. The van der Waals surface area contributed by atoms with Gasteiger partial charge in [0.25, 0.3) is 11.8 Å². The molecule has 37 heavy (non-hydrogen) atoms. The standard InChI is InChI=1S/C25H18N6O6/c32-21-7-5-19(24(35)27-21)30-11-14-10-16(3-4-17(14)25(30)36)31-12-18(28-29-31)23(34)26-15-2-6-20-13(9-15)1-8-22(33)37-20/h1-4,6,8-10,12,19H,5,7,11H2,(H,26,34)(H,27,32,35). The largest absolute Gasteiger partial charge is 0.423 e. The second-order valence-electron chi connectivity index (χ2n) is 8.75. The number of piperidine rings is 1. The van der Waals surface area contributed by atoms with Gasteiger partial charge < -0.3 is 14.6 Å². The van der Waals surface area contributed by atoms with E-state index in [1.54, 1.807) is 42.5 Å². The molecule has 4 amide bonds. The number of imide groups is 1. The third-order valence-corrected chi connectivity index (χ3v) is 6.37. The van der Waals surface area contributed by atoms with Crippen molar-refractivity contribution < 1.29 is 23.6 Å². The van der Waals surface area contributed by atoms with Crippen LogP contribution in [0, 0.1) is 0 Å². The molecule has 184 valence electrons. The van der Waals surface area contributed by atoms with Gasteiger partial charge in [-0.15, -0.1) is 5.10 Å². The van der Waals surface area contributed by atoms with Crippen molar-refractivity contribution in [3.63, 3.8) is 0 Å². The molecule has 4 aromatic rings. The van der Waals surface area contributed by atoms with Crippen LogP contribution in [0.5, 0.6) is 0 Å². The van der Waals surface area contributed by atoms with Gasteiger partial charge in [-0.25, -0.2) is 9.48 Å². The first kappa shape index (κ1) is 22.3. The molecule has 1 atom stereocenters. The molecule has 0 spiro atoms. The van der Waals surface area contributed by atoms with E-state index >= 15 is 0 Å². The minimum Gasteiger partial charge on any atom is -0.423 e. The number of carbonyl (C=O) groups is 4. The molecule has 4 heterocycles. The summed E-state index contributed by atoms with van der Waals surface area (Å²) in [5.41, 5.74) is 2.27. The summed E-state index contributed by atoms with van der Waals surface area (Å²) >= 11 is 0. The maximum atomic E-state index is 12.9. The van der Waals surface area contributed by atoms with Crippen LogP contribution < -0.4 is 16.3 Å². The maximum absolute atomic E-state index is 12.9. The highest BCUT2D eigenvalue weighted by atomic mass is 16.4. The number of nitrogens with one attached hydrogen (secondary N) is 2. The fourth-order valence-corrected chi connectivity index (χ4v) is 4.54. The lowest BCUT2D eigenvalue weighted by Crippen LogP contribution is -2.52. The van der Waals surface area contributed by atoms with Crippen molar-refractivity contribution in [2.45, 2.75) is 25.4 Å². The fourth-order valence-electron chi connectivity index (χ4n) is 4.54. The Hall–Kier alpha value is -5.13. The van der Waals surface area contributed by atoms with E-state index in [0.29, 0.717) is 33.5 Å². The van der Waals surface area contributed by atoms with Crippen LogP contribution in [0.15, 0.2) is 63.9 Å². The lowest BCUT2D eigenvalue weighted by Gasteiger charge is -2.29. The zero-order valence-electron chi connectivity index (χ0n) is 19.1. The number of aromatic nitrogens is 3. The number of fused-ring (bicyclic) bond motifs is 2. The normalized spacial score (nSPS) is 17.1. The van der Waals surface area contributed by atoms with E-state index in [4.69, 9.17) is 4.42 Å². The van der Waals surface area contributed by atoms with Crippen molar-refractivity contribution in [3.05, 3.63) is 82.0 Å². The number of hydrogen-bond acceptors (Lipinski definition) is 8. The molecule has 0 saturated carbocycles. The number of rotatable bonds is 4. The molecule has 1 saturated heterocycles. The van der Waals surface area contributed by atoms with E-state index in [2.05, 4.69) is 20.9 Å². The average molecular weight is 498 g/mol. The Bertz CT molecular complexity index is 1690. The lowest BCUT2D eigenvalue weighted by molar-refractivity contribution is -0.136. The number of anilines is 1. The van der Waals surface area contributed by atoms with Crippen molar-refractivity contribution in [1.82, 2.24) is 25.2 Å². The van der Waals surface area contributed by atoms with Crippen LogP contribution in [0.1, 0.15) is 39.3 Å². The van der Waals surface area contributed by atoms with Crippen LogP contribution in [0.3, 0.4) is 0 Å². The second-order valence-corrected chi connectivity index (χ2v) is 8.75. The maximum Gasteiger partial charge on any atom is 0.336 e. The third-order valence-electron chi connectivity index (χ3n) is 6.37. The van der Waals surface area contributed by atoms with Gasteiger partial charge in [0.1, 0.15) is 11.6 Å². The molecule has 12 heteroatoms. The number of amides is 4. The fraction of sp³-hybridized carbons (Fsp3) is 0.160. The molecule has 2 aliphatic heterocycles. The highest BCUT2D eigenvalue weighted by Gasteiger charge is 2.39. The summed E-state index contributed by atoms with van der Waals surface area (Å²) in [5, 5.41) is 13.7. The SMILES string of the molecule is O=C1CCC(N2Cc3cc(-n4cc(C(=O)Nc5ccc6oc(=O)ccc6c5)nn4)ccc3C2=O)C(=O)N1. The van der Waals surface area contributed by atoms with Gasteiger partial charge in [0.15, 0.2) is 5.69 Å². The molecule has 2 aliphatic rings. The molecule has 2 N–H and O–H groups in total. The van der Waals surface area contributed by atoms with Gasteiger partial charge in [-0.05, 0) is 54.4 Å². The Kier molecular flexibility index (Phi) is 5.14. The summed E-state index contributed by atoms with van der Waals surface area (Å²) in [5.74, 6) is -1.57. The molecule has 0 aliphatic carbocycles. The monoisotopic (exact) mass is 498 g/mol. The number of carbonyl (C=O) groups excluding carboxylic acids is 4. The van der Waals surface area contributed by atoms with E-state index < -0.39 is 23.5 Å². The number of hydrogen-bond donors (Lipinski definition) is 2. The first-order valence-electron chi connectivity index (χ1n) is 11.4. The van der Waals surface area contributed by atoms with Gasteiger partial charge in [-0.3, -0.25) is 24.5 Å². The summed E-state index contributed by atoms with van der Waals surface area (Å²) in [6.07, 6.45) is 1.93. The summed E-state index contributed by atoms with van der Waals surface area (Å²) in [6, 6.07) is 12.2. The molecule has 12 nitrogen and oxygen atoms in total. The molecule has 1 unspecified atom stereocenters. The van der Waals surface area contributed by atoms with Crippen LogP contribution in [0.25, 0.3) is 16.7 Å². The predicted octanol–water partition coefficient (Wildman–Crippen LogP) is 1.39. The Labute approximate surface area is 207 Å². The van der Waals surface area contributed by atoms with Crippen molar-refractivity contribution >= 4 is 40.3 Å². The number of benzene rings is 2. The van der Waals surface area contributed by atoms with Crippen LogP contribution in [-0.2, 0) is 16.1 Å². The Morgan fingerprint density at radius 1 is 1.05 bits per heavy atom. The molecular weight excluding hydrogens is 480 g/mol. The number of nitrogens with zero attached hydrogens (tertiary/aromatic N) is 4. The Balaban J connectivity index is 1.19. The lowest BCUT2D eigenvalue weighted by atomic mass is 10.0. The Morgan fingerprint density at radius 2 is 1.92 bits per heavy atom. The van der Waals surface area contributed by atoms with Crippen LogP contribution >= 0.6 is 0 Å². The minimum atomic E-state index is -0.700. The van der Waals surface area contributed by atoms with E-state index in [1.165, 1.54) is 21.8 Å². The summed E-state index contributed by atoms with van der Waals surface area (Å²) in [7, 11) is 0. The van der Waals surface area contributed by atoms with Gasteiger partial charge in [0, 0.05) is 35.7 Å². The minimum absolute atomic E-state index is 0.0708. The average Bonchev–Trinajstić information content (AvgIpc) is 3.49. The molecule has 0 radical (unpaired) electrons. The summed E-state index contributed by atoms with van der Waals surface area (Å²) in [6.45, 7) is 0.221. The smallest absolute Gasteiger partial charge is 0.336 e. The quantitative estimate of drug-likeness (QED) is 0.316. The zero-order chi connectivity index (χ0) is 25.7. The highest BCUT2D eigenvalue weighted by Crippen LogP contribution is 2.29. The van der Waals surface area contributed by atoms with E-state index in [0.717, 1.165) is 0 Å². The molecule has 2 aromatic heterocycles. The summed E-state index contributed by atoms with van der Waals surface area (Å²) < 4.78 is 6.52. The van der Waals surface area contributed by atoms with Crippen molar-refractivity contribution in [3.8, 4) is 5.69 Å². The molecule has 1 fully saturated rings. The van der Waals surface area contributed by atoms with Crippen molar-refractivity contribution in [2.75, 3.05) is 5.32 Å². The van der Waals surface area contributed by atoms with E-state index in [-0.39, 0.29) is 36.9 Å². The van der Waals surface area contributed by atoms with E-state index in [9.17, 15) is 24.0 Å². The van der Waals surface area contributed by atoms with Gasteiger partial charge in [0.2, 0.25) is 11.8 Å². The first-order chi connectivity index (χ1) is 17.9. The second kappa shape index (κ2) is 8.52. The van der Waals surface area contributed by atoms with Gasteiger partial charge in [-0.1, -0.05) is 5.21 Å². The van der Waals surface area contributed by atoms with Gasteiger partial charge in [-0.2, -0.15) is 0 Å². The molecular formula is C25H18N6O6. The highest BCUT2D eigenvalue weighted by molar-refractivity contribution is 6.05. The van der Waals surface area contributed by atoms with Crippen LogP contribution in [-0.4, -0.2) is 49.6 Å². The van der Waals surface area contributed by atoms with Crippen LogP contribution in [0.2, 0.25) is 0 Å². The van der Waals surface area contributed by atoms with E-state index in [1.807, 2.05) is 0 Å². The molecule has 6 rings (SSSR count). The van der Waals surface area contributed by atoms with Crippen molar-refractivity contribution in [1.29, 1.82) is 0 Å². The predicted molar refractivity (Wildman–Crippen MR) is 128 cm³/mol. The molecule has 2 aromatic carbocycles. The van der Waals surface area contributed by atoms with Gasteiger partial charge in [0.05, 0.1) is 11.9 Å². The topological polar surface area (TPSA) is 156 Å². The van der Waals surface area contributed by atoms with Crippen molar-refractivity contribution in [2.24, 2.45) is 0 Å². The summed E-state index contributed by atoms with van der Waals surface area (Å²) in [4.78, 5) is 62.1. The van der Waals surface area contributed by atoms with Crippen LogP contribution in [0.4, 0.5) is 5.69 Å². The first-order valence-corrected chi connectivity index (χ1v) is 11.4. The molecule has 0 bridgehead atoms.